The minimum atomic E-state index is -0.952. The zero-order chi connectivity index (χ0) is 23.4. The topological polar surface area (TPSA) is 97.1 Å². The van der Waals surface area contributed by atoms with Crippen LogP contribution in [-0.2, 0) is 20.8 Å². The first-order valence-corrected chi connectivity index (χ1v) is 10.5. The third-order valence-corrected chi connectivity index (χ3v) is 5.33. The standard InChI is InChI=1S/C25H22N2O6/c1-17(28)33-20-11-9-19(10-12-20)27-23(29)16-21(24(27)30)26(25(31)22-8-5-15-32-22)14-13-18-6-3-2-4-7-18/h2-12,15,21H,13-14,16H2,1H3. The first-order chi connectivity index (χ1) is 15.9. The summed E-state index contributed by atoms with van der Waals surface area (Å²) in [7, 11) is 0. The van der Waals surface area contributed by atoms with Crippen LogP contribution in [-0.4, -0.2) is 41.2 Å². The van der Waals surface area contributed by atoms with Crippen LogP contribution in [0.2, 0.25) is 0 Å². The quantitative estimate of drug-likeness (QED) is 0.314. The van der Waals surface area contributed by atoms with E-state index in [1.54, 1.807) is 6.07 Å². The lowest BCUT2D eigenvalue weighted by atomic mass is 10.1. The van der Waals surface area contributed by atoms with Crippen molar-refractivity contribution >= 4 is 29.4 Å². The molecule has 0 radical (unpaired) electrons. The van der Waals surface area contributed by atoms with Gasteiger partial charge in [0.1, 0.15) is 11.8 Å². The predicted molar refractivity (Wildman–Crippen MR) is 119 cm³/mol. The fraction of sp³-hybridized carbons (Fsp3) is 0.200. The normalized spacial score (nSPS) is 15.5. The molecular weight excluding hydrogens is 424 g/mol. The first kappa shape index (κ1) is 22.0. The number of nitrogens with zero attached hydrogens (tertiary/aromatic N) is 2. The maximum atomic E-state index is 13.3. The van der Waals surface area contributed by atoms with Crippen LogP contribution in [0.15, 0.2) is 77.4 Å². The lowest BCUT2D eigenvalue weighted by molar-refractivity contribution is -0.132. The van der Waals surface area contributed by atoms with Crippen LogP contribution in [0.1, 0.15) is 29.5 Å². The molecule has 1 aliphatic heterocycles. The van der Waals surface area contributed by atoms with Crippen LogP contribution >= 0.6 is 0 Å². The summed E-state index contributed by atoms with van der Waals surface area (Å²) in [5.74, 6) is -1.42. The molecule has 1 unspecified atom stereocenters. The monoisotopic (exact) mass is 446 g/mol. The smallest absolute Gasteiger partial charge is 0.308 e. The molecule has 2 aromatic carbocycles. The summed E-state index contributed by atoms with van der Waals surface area (Å²) < 4.78 is 10.3. The highest BCUT2D eigenvalue weighted by Gasteiger charge is 2.44. The van der Waals surface area contributed by atoms with Crippen molar-refractivity contribution in [2.75, 3.05) is 11.4 Å². The van der Waals surface area contributed by atoms with Crippen molar-refractivity contribution < 1.29 is 28.3 Å². The summed E-state index contributed by atoms with van der Waals surface area (Å²) in [6.45, 7) is 1.53. The van der Waals surface area contributed by atoms with E-state index >= 15 is 0 Å². The molecular formula is C25H22N2O6. The van der Waals surface area contributed by atoms with Crippen LogP contribution in [0.3, 0.4) is 0 Å². The van der Waals surface area contributed by atoms with Crippen molar-refractivity contribution in [3.63, 3.8) is 0 Å². The Morgan fingerprint density at radius 1 is 1.03 bits per heavy atom. The second-order valence-corrected chi connectivity index (χ2v) is 7.59. The number of carbonyl (C=O) groups is 4. The molecule has 1 aliphatic rings. The van der Waals surface area contributed by atoms with Crippen LogP contribution in [0.25, 0.3) is 0 Å². The van der Waals surface area contributed by atoms with Gasteiger partial charge in [0.2, 0.25) is 5.91 Å². The summed E-state index contributed by atoms with van der Waals surface area (Å²) in [4.78, 5) is 52.8. The summed E-state index contributed by atoms with van der Waals surface area (Å²) in [6.07, 6.45) is 1.77. The highest BCUT2D eigenvalue weighted by molar-refractivity contribution is 6.23. The van der Waals surface area contributed by atoms with E-state index in [0.717, 1.165) is 10.5 Å². The van der Waals surface area contributed by atoms with Gasteiger partial charge in [0.05, 0.1) is 18.4 Å². The van der Waals surface area contributed by atoms with Crippen molar-refractivity contribution in [2.24, 2.45) is 0 Å². The molecule has 1 aromatic heterocycles. The summed E-state index contributed by atoms with van der Waals surface area (Å²) in [6, 6.07) is 17.8. The maximum absolute atomic E-state index is 13.3. The van der Waals surface area contributed by atoms with E-state index in [4.69, 9.17) is 9.15 Å². The molecule has 8 heteroatoms. The number of anilines is 1. The van der Waals surface area contributed by atoms with Crippen molar-refractivity contribution in [1.29, 1.82) is 0 Å². The first-order valence-electron chi connectivity index (χ1n) is 10.5. The average molecular weight is 446 g/mol. The van der Waals surface area contributed by atoms with Gasteiger partial charge >= 0.3 is 5.97 Å². The second-order valence-electron chi connectivity index (χ2n) is 7.59. The van der Waals surface area contributed by atoms with Gasteiger partial charge in [-0.25, -0.2) is 4.90 Å². The molecule has 1 fully saturated rings. The predicted octanol–water partition coefficient (Wildman–Crippen LogP) is 3.22. The Morgan fingerprint density at radius 2 is 1.76 bits per heavy atom. The Bertz CT molecular complexity index is 1160. The van der Waals surface area contributed by atoms with Crippen molar-refractivity contribution in [1.82, 2.24) is 4.90 Å². The van der Waals surface area contributed by atoms with E-state index in [1.807, 2.05) is 30.3 Å². The third kappa shape index (κ3) is 4.85. The number of amides is 3. The number of ether oxygens (including phenoxy) is 1. The van der Waals surface area contributed by atoms with Crippen LogP contribution in [0, 0.1) is 0 Å². The van der Waals surface area contributed by atoms with E-state index in [0.29, 0.717) is 17.9 Å². The van der Waals surface area contributed by atoms with Gasteiger partial charge in [-0.15, -0.1) is 0 Å². The van der Waals surface area contributed by atoms with Gasteiger partial charge in [-0.1, -0.05) is 30.3 Å². The fourth-order valence-corrected chi connectivity index (χ4v) is 3.79. The van der Waals surface area contributed by atoms with E-state index in [-0.39, 0.29) is 18.7 Å². The lowest BCUT2D eigenvalue weighted by Crippen LogP contribution is -2.46. The fourth-order valence-electron chi connectivity index (χ4n) is 3.79. The van der Waals surface area contributed by atoms with Crippen LogP contribution < -0.4 is 9.64 Å². The summed E-state index contributed by atoms with van der Waals surface area (Å²) in [5, 5.41) is 0. The number of carbonyl (C=O) groups excluding carboxylic acids is 4. The Kier molecular flexibility index (Phi) is 6.35. The molecule has 168 valence electrons. The molecule has 0 spiro atoms. The minimum absolute atomic E-state index is 0.104. The number of benzene rings is 2. The molecule has 3 aromatic rings. The zero-order valence-electron chi connectivity index (χ0n) is 18.0. The van der Waals surface area contributed by atoms with Crippen LogP contribution in [0.5, 0.6) is 5.75 Å². The van der Waals surface area contributed by atoms with Crippen molar-refractivity contribution in [3.05, 3.63) is 84.3 Å². The zero-order valence-corrected chi connectivity index (χ0v) is 18.0. The van der Waals surface area contributed by atoms with Gasteiger partial charge in [-0.3, -0.25) is 19.2 Å². The Hall–Kier alpha value is -4.20. The average Bonchev–Trinajstić information content (AvgIpc) is 3.44. The van der Waals surface area contributed by atoms with E-state index in [2.05, 4.69) is 0 Å². The molecule has 0 aliphatic carbocycles. The number of imide groups is 1. The Morgan fingerprint density at radius 3 is 2.39 bits per heavy atom. The summed E-state index contributed by atoms with van der Waals surface area (Å²) in [5.41, 5.74) is 1.35. The Balaban J connectivity index is 1.57. The van der Waals surface area contributed by atoms with Gasteiger partial charge in [-0.2, -0.15) is 0 Å². The SMILES string of the molecule is CC(=O)Oc1ccc(N2C(=O)CC(N(CCc3ccccc3)C(=O)c3ccco3)C2=O)cc1. The molecule has 0 bridgehead atoms. The molecule has 3 amide bonds. The van der Waals surface area contributed by atoms with Gasteiger partial charge in [-0.05, 0) is 48.4 Å². The van der Waals surface area contributed by atoms with Crippen molar-refractivity contribution in [2.45, 2.75) is 25.8 Å². The highest BCUT2D eigenvalue weighted by atomic mass is 16.5. The Labute approximate surface area is 190 Å². The molecule has 1 atom stereocenters. The number of rotatable bonds is 7. The molecule has 8 nitrogen and oxygen atoms in total. The van der Waals surface area contributed by atoms with Crippen molar-refractivity contribution in [3.8, 4) is 5.75 Å². The van der Waals surface area contributed by atoms with Gasteiger partial charge in [0, 0.05) is 13.5 Å². The third-order valence-electron chi connectivity index (χ3n) is 5.33. The highest BCUT2D eigenvalue weighted by Crippen LogP contribution is 2.28. The molecule has 1 saturated heterocycles. The summed E-state index contributed by atoms with van der Waals surface area (Å²) >= 11 is 0. The van der Waals surface area contributed by atoms with Crippen LogP contribution in [0.4, 0.5) is 5.69 Å². The van der Waals surface area contributed by atoms with Gasteiger partial charge in [0.15, 0.2) is 5.76 Å². The molecule has 2 heterocycles. The molecule has 0 N–H and O–H groups in total. The number of esters is 1. The maximum Gasteiger partial charge on any atom is 0.308 e. The largest absolute Gasteiger partial charge is 0.459 e. The van der Waals surface area contributed by atoms with Gasteiger partial charge in [0.25, 0.3) is 11.8 Å². The minimum Gasteiger partial charge on any atom is -0.459 e. The van der Waals surface area contributed by atoms with E-state index < -0.39 is 29.7 Å². The van der Waals surface area contributed by atoms with E-state index in [1.165, 1.54) is 48.4 Å². The molecule has 4 rings (SSSR count). The second kappa shape index (κ2) is 9.52. The number of hydrogen-bond donors (Lipinski definition) is 0. The van der Waals surface area contributed by atoms with Gasteiger partial charge < -0.3 is 14.1 Å². The number of furan rings is 1. The molecule has 33 heavy (non-hydrogen) atoms. The van der Waals surface area contributed by atoms with E-state index in [9.17, 15) is 19.2 Å². The number of hydrogen-bond acceptors (Lipinski definition) is 6. The lowest BCUT2D eigenvalue weighted by Gasteiger charge is -2.27. The molecule has 0 saturated carbocycles.